The van der Waals surface area contributed by atoms with E-state index < -0.39 is 71.5 Å². The lowest BCUT2D eigenvalue weighted by atomic mass is 9.89. The standard InChI is InChI=1S/C20H17ClF3NO9/c21-8-5-9-11(25-18(31)34-19(9,20(22,23)24)4-3-7-1-2-7)10(6-8)32-17-14(28)12(26)13(27)15(33-17)16(29)30/h5-7,12-15,17,26-28H,1-2H2,(H,25,31)(H,29,30)/t12-,13-,14+,15-,17+,19-/m0/s1. The molecule has 184 valence electrons. The van der Waals surface area contributed by atoms with Gasteiger partial charge < -0.3 is 34.6 Å². The molecule has 2 fully saturated rings. The molecule has 0 unspecified atom stereocenters. The van der Waals surface area contributed by atoms with Crippen molar-refractivity contribution >= 4 is 29.4 Å². The summed E-state index contributed by atoms with van der Waals surface area (Å²) >= 11 is 6.01. The molecule has 1 saturated carbocycles. The second-order valence-corrected chi connectivity index (χ2v) is 8.35. The zero-order valence-corrected chi connectivity index (χ0v) is 17.6. The summed E-state index contributed by atoms with van der Waals surface area (Å²) in [5, 5.41) is 40.9. The smallest absolute Gasteiger partial charge is 0.445 e. The lowest BCUT2D eigenvalue weighted by Gasteiger charge is -2.40. The molecule has 0 bridgehead atoms. The third-order valence-electron chi connectivity index (χ3n) is 5.40. The molecule has 1 amide bonds. The first-order valence-electron chi connectivity index (χ1n) is 9.86. The number of aliphatic carboxylic acids is 1. The van der Waals surface area contributed by atoms with Crippen LogP contribution in [0, 0.1) is 17.8 Å². The summed E-state index contributed by atoms with van der Waals surface area (Å²) in [6.07, 6.45) is -15.6. The van der Waals surface area contributed by atoms with Crippen LogP contribution >= 0.6 is 11.6 Å². The second kappa shape index (κ2) is 8.47. The maximum Gasteiger partial charge on any atom is 0.445 e. The van der Waals surface area contributed by atoms with E-state index in [2.05, 4.69) is 16.0 Å². The number of fused-ring (bicyclic) bond motifs is 1. The third-order valence-corrected chi connectivity index (χ3v) is 5.62. The van der Waals surface area contributed by atoms with Gasteiger partial charge in [-0.3, -0.25) is 5.32 Å². The number of alkyl halides is 3. The Kier molecular flexibility index (Phi) is 6.07. The van der Waals surface area contributed by atoms with Crippen LogP contribution in [0.2, 0.25) is 5.02 Å². The predicted octanol–water partition coefficient (Wildman–Crippen LogP) is 1.34. The van der Waals surface area contributed by atoms with E-state index in [-0.39, 0.29) is 10.9 Å². The molecule has 34 heavy (non-hydrogen) atoms. The number of benzene rings is 1. The molecule has 1 saturated heterocycles. The van der Waals surface area contributed by atoms with Gasteiger partial charge in [0.05, 0.1) is 5.69 Å². The average Bonchev–Trinajstić information content (AvgIpc) is 3.56. The molecule has 1 aliphatic carbocycles. The van der Waals surface area contributed by atoms with Gasteiger partial charge in [-0.15, -0.1) is 0 Å². The van der Waals surface area contributed by atoms with Gasteiger partial charge in [-0.05, 0) is 24.8 Å². The largest absolute Gasteiger partial charge is 0.479 e. The third kappa shape index (κ3) is 4.23. The minimum absolute atomic E-state index is 0.280. The summed E-state index contributed by atoms with van der Waals surface area (Å²) < 4.78 is 57.8. The molecule has 14 heteroatoms. The van der Waals surface area contributed by atoms with Crippen molar-refractivity contribution in [1.29, 1.82) is 0 Å². The Labute approximate surface area is 194 Å². The van der Waals surface area contributed by atoms with Crippen LogP contribution < -0.4 is 10.1 Å². The van der Waals surface area contributed by atoms with Crippen molar-refractivity contribution in [2.75, 3.05) is 5.32 Å². The Morgan fingerprint density at radius 1 is 1.21 bits per heavy atom. The number of ether oxygens (including phenoxy) is 3. The number of amides is 1. The number of hydrogen-bond acceptors (Lipinski definition) is 8. The zero-order valence-electron chi connectivity index (χ0n) is 16.9. The van der Waals surface area contributed by atoms with Gasteiger partial charge in [0.25, 0.3) is 5.60 Å². The molecule has 10 nitrogen and oxygen atoms in total. The van der Waals surface area contributed by atoms with Crippen molar-refractivity contribution < 1.29 is 57.4 Å². The van der Waals surface area contributed by atoms with Crippen LogP contribution in [0.1, 0.15) is 18.4 Å². The molecular weight excluding hydrogens is 491 g/mol. The molecule has 0 aromatic heterocycles. The van der Waals surface area contributed by atoms with Crippen LogP contribution in [-0.4, -0.2) is 69.4 Å². The normalized spacial score (nSPS) is 33.0. The molecule has 2 heterocycles. The van der Waals surface area contributed by atoms with Gasteiger partial charge in [0.1, 0.15) is 24.1 Å². The Hall–Kier alpha value is -2.76. The summed E-state index contributed by atoms with van der Waals surface area (Å²) in [7, 11) is 0. The molecule has 4 rings (SSSR count). The fourth-order valence-corrected chi connectivity index (χ4v) is 3.69. The van der Waals surface area contributed by atoms with Crippen LogP contribution in [0.3, 0.4) is 0 Å². The molecule has 2 aliphatic heterocycles. The molecule has 1 aromatic carbocycles. The average molecular weight is 508 g/mol. The van der Waals surface area contributed by atoms with Crippen molar-refractivity contribution in [3.05, 3.63) is 22.7 Å². The molecule has 1 aromatic rings. The zero-order chi connectivity index (χ0) is 25.0. The summed E-state index contributed by atoms with van der Waals surface area (Å²) in [6, 6.07) is 1.85. The van der Waals surface area contributed by atoms with E-state index in [1.165, 1.54) is 0 Å². The number of aliphatic hydroxyl groups is 3. The van der Waals surface area contributed by atoms with Gasteiger partial charge in [0.15, 0.2) is 6.10 Å². The SMILES string of the molecule is O=C1Nc2c(O[C@@H]3O[C@H](C(=O)O)[C@@H](O)[C@H](O)[C@H]3O)cc(Cl)cc2[C@@](C#CC2CC2)(C(F)(F)F)O1. The molecule has 3 aliphatic rings. The van der Waals surface area contributed by atoms with E-state index in [0.717, 1.165) is 12.1 Å². The monoisotopic (exact) mass is 507 g/mol. The number of rotatable bonds is 3. The highest BCUT2D eigenvalue weighted by atomic mass is 35.5. The number of halogens is 4. The van der Waals surface area contributed by atoms with Crippen LogP contribution in [0.5, 0.6) is 5.75 Å². The van der Waals surface area contributed by atoms with Crippen LogP contribution in [0.25, 0.3) is 0 Å². The highest BCUT2D eigenvalue weighted by Crippen LogP contribution is 2.51. The lowest BCUT2D eigenvalue weighted by Crippen LogP contribution is -2.61. The summed E-state index contributed by atoms with van der Waals surface area (Å²) in [6.45, 7) is 0. The predicted molar refractivity (Wildman–Crippen MR) is 105 cm³/mol. The van der Waals surface area contributed by atoms with Crippen molar-refractivity contribution in [2.45, 2.75) is 55.3 Å². The van der Waals surface area contributed by atoms with Gasteiger partial charge >= 0.3 is 18.2 Å². The van der Waals surface area contributed by atoms with Gasteiger partial charge in [-0.1, -0.05) is 17.5 Å². The maximum absolute atomic E-state index is 14.3. The van der Waals surface area contributed by atoms with Crippen LogP contribution in [0.15, 0.2) is 12.1 Å². The van der Waals surface area contributed by atoms with Gasteiger partial charge in [-0.2, -0.15) is 13.2 Å². The summed E-state index contributed by atoms with van der Waals surface area (Å²) in [5.74, 6) is 1.93. The Balaban J connectivity index is 1.79. The summed E-state index contributed by atoms with van der Waals surface area (Å²) in [5.41, 5.74) is -4.66. The number of nitrogens with one attached hydrogen (secondary N) is 1. The van der Waals surface area contributed by atoms with Crippen molar-refractivity contribution in [2.24, 2.45) is 5.92 Å². The van der Waals surface area contributed by atoms with Crippen molar-refractivity contribution in [1.82, 2.24) is 0 Å². The Morgan fingerprint density at radius 2 is 1.88 bits per heavy atom. The van der Waals surface area contributed by atoms with E-state index in [4.69, 9.17) is 26.2 Å². The minimum Gasteiger partial charge on any atom is -0.479 e. The number of cyclic esters (lactones) is 1. The van der Waals surface area contributed by atoms with Crippen LogP contribution in [-0.2, 0) is 19.9 Å². The van der Waals surface area contributed by atoms with Gasteiger partial charge in [-0.25, -0.2) is 9.59 Å². The summed E-state index contributed by atoms with van der Waals surface area (Å²) in [4.78, 5) is 23.5. The van der Waals surface area contributed by atoms with E-state index in [1.807, 2.05) is 5.92 Å². The lowest BCUT2D eigenvalue weighted by molar-refractivity contribution is -0.271. The van der Waals surface area contributed by atoms with Crippen LogP contribution in [0.4, 0.5) is 23.7 Å². The number of carbonyl (C=O) groups is 2. The number of carbonyl (C=O) groups excluding carboxylic acids is 1. The quantitative estimate of drug-likeness (QED) is 0.381. The van der Waals surface area contributed by atoms with Crippen molar-refractivity contribution in [3.8, 4) is 17.6 Å². The topological polar surface area (TPSA) is 155 Å². The first-order valence-corrected chi connectivity index (χ1v) is 10.2. The fourth-order valence-electron chi connectivity index (χ4n) is 3.48. The van der Waals surface area contributed by atoms with E-state index in [9.17, 15) is 38.1 Å². The van der Waals surface area contributed by atoms with Gasteiger partial charge in [0, 0.05) is 22.6 Å². The number of carboxylic acid groups (broad SMARTS) is 1. The Morgan fingerprint density at radius 3 is 2.47 bits per heavy atom. The van der Waals surface area contributed by atoms with Crippen molar-refractivity contribution in [3.63, 3.8) is 0 Å². The molecule has 0 spiro atoms. The molecule has 6 atom stereocenters. The molecular formula is C20H17ClF3NO9. The number of anilines is 1. The van der Waals surface area contributed by atoms with E-state index >= 15 is 0 Å². The van der Waals surface area contributed by atoms with E-state index in [1.54, 1.807) is 0 Å². The first kappa shape index (κ1) is 24.4. The number of carboxylic acids is 1. The van der Waals surface area contributed by atoms with E-state index in [0.29, 0.717) is 12.8 Å². The minimum atomic E-state index is -5.20. The molecule has 5 N–H and O–H groups in total. The maximum atomic E-state index is 14.3. The Bertz CT molecular complexity index is 1080. The van der Waals surface area contributed by atoms with Gasteiger partial charge in [0.2, 0.25) is 6.29 Å². The second-order valence-electron chi connectivity index (χ2n) is 7.92. The highest BCUT2D eigenvalue weighted by Gasteiger charge is 2.62. The number of aliphatic hydroxyl groups excluding tert-OH is 3. The highest BCUT2D eigenvalue weighted by molar-refractivity contribution is 6.31. The fraction of sp³-hybridized carbons (Fsp3) is 0.500. The number of hydrogen-bond donors (Lipinski definition) is 5. The first-order chi connectivity index (χ1) is 15.8. The molecule has 0 radical (unpaired) electrons.